The van der Waals surface area contributed by atoms with Crippen LogP contribution in [0.15, 0.2) is 158 Å². The van der Waals surface area contributed by atoms with E-state index in [0.717, 1.165) is 0 Å². The molecule has 3 aromatic heterocycles. The number of aromatic nitrogens is 2. The van der Waals surface area contributed by atoms with Crippen LogP contribution in [-0.2, 0) is 0 Å². The van der Waals surface area contributed by atoms with Gasteiger partial charge < -0.3 is 9.13 Å². The minimum atomic E-state index is 1.18. The molecule has 0 bridgehead atoms. The van der Waals surface area contributed by atoms with Gasteiger partial charge in [-0.05, 0) is 82.9 Å². The highest BCUT2D eigenvalue weighted by atomic mass is 32.1. The minimum Gasteiger partial charge on any atom is -0.309 e. The van der Waals surface area contributed by atoms with Crippen molar-refractivity contribution in [2.75, 3.05) is 0 Å². The lowest BCUT2D eigenvalue weighted by atomic mass is 10.0. The number of hydrogen-bond donors (Lipinski definition) is 0. The lowest BCUT2D eigenvalue weighted by molar-refractivity contribution is 1.17. The van der Waals surface area contributed by atoms with Crippen LogP contribution in [0.2, 0.25) is 0 Å². The molecular formula is C42H26N2S. The lowest BCUT2D eigenvalue weighted by Crippen LogP contribution is -1.95. The third-order valence-corrected chi connectivity index (χ3v) is 10.4. The largest absolute Gasteiger partial charge is 0.309 e. The summed E-state index contributed by atoms with van der Waals surface area (Å²) in [4.78, 5) is 0. The predicted octanol–water partition coefficient (Wildman–Crippen LogP) is 11.9. The fraction of sp³-hybridized carbons (Fsp3) is 0. The molecule has 0 aliphatic carbocycles. The molecule has 0 aliphatic rings. The van der Waals surface area contributed by atoms with Crippen molar-refractivity contribution >= 4 is 64.3 Å². The van der Waals surface area contributed by atoms with Gasteiger partial charge in [0, 0.05) is 42.3 Å². The zero-order valence-corrected chi connectivity index (χ0v) is 25.1. The highest BCUT2D eigenvalue weighted by Crippen LogP contribution is 2.48. The average molecular weight is 591 g/mol. The van der Waals surface area contributed by atoms with E-state index in [1.807, 2.05) is 11.3 Å². The van der Waals surface area contributed by atoms with Crippen molar-refractivity contribution < 1.29 is 0 Å². The van der Waals surface area contributed by atoms with Gasteiger partial charge in [-0.25, -0.2) is 0 Å². The summed E-state index contributed by atoms with van der Waals surface area (Å²) in [5, 5.41) is 5.34. The van der Waals surface area contributed by atoms with E-state index in [4.69, 9.17) is 0 Å². The van der Waals surface area contributed by atoms with E-state index in [1.54, 1.807) is 0 Å². The summed E-state index contributed by atoms with van der Waals surface area (Å²) < 4.78 is 7.55. The van der Waals surface area contributed by atoms with Gasteiger partial charge in [-0.2, -0.15) is 0 Å². The Balaban J connectivity index is 1.32. The van der Waals surface area contributed by atoms with Gasteiger partial charge in [-0.15, -0.1) is 11.3 Å². The van der Waals surface area contributed by atoms with Crippen LogP contribution in [-0.4, -0.2) is 9.13 Å². The molecule has 0 spiro atoms. The van der Waals surface area contributed by atoms with E-state index in [1.165, 1.54) is 86.6 Å². The van der Waals surface area contributed by atoms with Crippen LogP contribution >= 0.6 is 11.3 Å². The molecular weight excluding hydrogens is 565 g/mol. The van der Waals surface area contributed by atoms with E-state index in [0.29, 0.717) is 0 Å². The summed E-state index contributed by atoms with van der Waals surface area (Å²) in [5.41, 5.74) is 12.2. The van der Waals surface area contributed by atoms with Gasteiger partial charge in [0.1, 0.15) is 0 Å². The van der Waals surface area contributed by atoms with Crippen molar-refractivity contribution in [3.63, 3.8) is 0 Å². The molecule has 0 amide bonds. The van der Waals surface area contributed by atoms with Gasteiger partial charge in [-0.1, -0.05) is 97.1 Å². The summed E-state index contributed by atoms with van der Waals surface area (Å²) >= 11 is 1.90. The second-order valence-corrected chi connectivity index (χ2v) is 12.8. The average Bonchev–Trinajstić information content (AvgIpc) is 3.57. The van der Waals surface area contributed by atoms with E-state index < -0.39 is 0 Å². The summed E-state index contributed by atoms with van der Waals surface area (Å²) in [6, 6.07) is 57.5. The van der Waals surface area contributed by atoms with E-state index in [2.05, 4.69) is 167 Å². The maximum absolute atomic E-state index is 2.47. The molecule has 3 heteroatoms. The summed E-state index contributed by atoms with van der Waals surface area (Å²) in [7, 11) is 0. The normalized spacial score (nSPS) is 12.0. The lowest BCUT2D eigenvalue weighted by Gasteiger charge is -2.11. The fourth-order valence-corrected chi connectivity index (χ4v) is 8.54. The number of benzene rings is 7. The van der Waals surface area contributed by atoms with Gasteiger partial charge in [0.25, 0.3) is 0 Å². The smallest absolute Gasteiger partial charge is 0.0555 e. The van der Waals surface area contributed by atoms with Gasteiger partial charge in [0.15, 0.2) is 0 Å². The Labute approximate surface area is 264 Å². The standard InChI is InChI=1S/C42H26N2S/c1-3-11-27(12-4-1)29-15-7-17-31(25-29)43-33-19-9-21-37-39(33)41-35(43)23-24-36-42(41)40-34(20-10-22-38(40)45-37)44(36)32-18-8-16-30(26-32)28-13-5-2-6-14-28/h1-26H. The van der Waals surface area contributed by atoms with Crippen LogP contribution in [0.4, 0.5) is 0 Å². The molecule has 0 fully saturated rings. The second-order valence-electron chi connectivity index (χ2n) is 11.8. The Morgan fingerprint density at radius 2 is 0.711 bits per heavy atom. The van der Waals surface area contributed by atoms with Crippen molar-refractivity contribution in [1.82, 2.24) is 9.13 Å². The number of hydrogen-bond acceptors (Lipinski definition) is 1. The quantitative estimate of drug-likeness (QED) is 0.193. The first kappa shape index (κ1) is 24.8. The maximum Gasteiger partial charge on any atom is 0.0555 e. The first-order chi connectivity index (χ1) is 22.3. The van der Waals surface area contributed by atoms with Crippen LogP contribution in [0.25, 0.3) is 86.6 Å². The van der Waals surface area contributed by atoms with Crippen LogP contribution in [0.1, 0.15) is 0 Å². The van der Waals surface area contributed by atoms with E-state index in [-0.39, 0.29) is 0 Å². The Bertz CT molecular complexity index is 2500. The molecule has 2 nitrogen and oxygen atoms in total. The molecule has 0 aliphatic heterocycles. The molecule has 0 saturated carbocycles. The highest BCUT2D eigenvalue weighted by Gasteiger charge is 2.24. The predicted molar refractivity (Wildman–Crippen MR) is 193 cm³/mol. The van der Waals surface area contributed by atoms with Crippen molar-refractivity contribution in [3.05, 3.63) is 158 Å². The van der Waals surface area contributed by atoms with Gasteiger partial charge in [-0.3, -0.25) is 0 Å². The third kappa shape index (κ3) is 3.56. The molecule has 210 valence electrons. The van der Waals surface area contributed by atoms with Crippen molar-refractivity contribution in [3.8, 4) is 33.6 Å². The number of rotatable bonds is 4. The molecule has 0 unspecified atom stereocenters. The topological polar surface area (TPSA) is 9.86 Å². The van der Waals surface area contributed by atoms with Crippen molar-refractivity contribution in [1.29, 1.82) is 0 Å². The van der Waals surface area contributed by atoms with Crippen molar-refractivity contribution in [2.45, 2.75) is 0 Å². The zero-order chi connectivity index (χ0) is 29.5. The Morgan fingerprint density at radius 1 is 0.311 bits per heavy atom. The Hall–Kier alpha value is -5.64. The molecule has 3 heterocycles. The van der Waals surface area contributed by atoms with Crippen LogP contribution < -0.4 is 0 Å². The van der Waals surface area contributed by atoms with Crippen LogP contribution in [0.3, 0.4) is 0 Å². The minimum absolute atomic E-state index is 1.18. The molecule has 0 N–H and O–H groups in total. The summed E-state index contributed by atoms with van der Waals surface area (Å²) in [6.07, 6.45) is 0. The molecule has 7 aromatic carbocycles. The van der Waals surface area contributed by atoms with E-state index in [9.17, 15) is 0 Å². The van der Waals surface area contributed by atoms with Crippen molar-refractivity contribution in [2.24, 2.45) is 0 Å². The molecule has 45 heavy (non-hydrogen) atoms. The zero-order valence-electron chi connectivity index (χ0n) is 24.3. The molecule has 0 saturated heterocycles. The Morgan fingerprint density at radius 3 is 1.18 bits per heavy atom. The fourth-order valence-electron chi connectivity index (χ4n) is 7.39. The molecule has 0 radical (unpaired) electrons. The summed E-state index contributed by atoms with van der Waals surface area (Å²) in [5.74, 6) is 0. The summed E-state index contributed by atoms with van der Waals surface area (Å²) in [6.45, 7) is 0. The van der Waals surface area contributed by atoms with Gasteiger partial charge in [0.05, 0.1) is 22.1 Å². The monoisotopic (exact) mass is 590 g/mol. The molecule has 0 atom stereocenters. The molecule has 10 aromatic rings. The second kappa shape index (κ2) is 9.43. The van der Waals surface area contributed by atoms with Gasteiger partial charge in [0.2, 0.25) is 0 Å². The Kier molecular flexibility index (Phi) is 5.19. The highest BCUT2D eigenvalue weighted by molar-refractivity contribution is 7.24. The first-order valence-electron chi connectivity index (χ1n) is 15.4. The SMILES string of the molecule is c1ccc(-c2cccc(-n3c4cccc5sc6cccc7c6c6c(c54)c3ccc6n7-c3cccc(-c4ccccc4)c3)c2)cc1. The van der Waals surface area contributed by atoms with Crippen LogP contribution in [0, 0.1) is 0 Å². The third-order valence-electron chi connectivity index (χ3n) is 9.28. The number of nitrogens with zero attached hydrogens (tertiary/aromatic N) is 2. The van der Waals surface area contributed by atoms with E-state index >= 15 is 0 Å². The molecule has 10 rings (SSSR count). The maximum atomic E-state index is 2.47. The first-order valence-corrected chi connectivity index (χ1v) is 16.2. The van der Waals surface area contributed by atoms with Crippen LogP contribution in [0.5, 0.6) is 0 Å². The van der Waals surface area contributed by atoms with Gasteiger partial charge >= 0.3 is 0 Å².